The summed E-state index contributed by atoms with van der Waals surface area (Å²) in [7, 11) is 0. The van der Waals surface area contributed by atoms with Gasteiger partial charge in [0.25, 0.3) is 0 Å². The fraction of sp³-hybridized carbons (Fsp3) is 0.176. The van der Waals surface area contributed by atoms with Crippen LogP contribution in [0.3, 0.4) is 0 Å². The van der Waals surface area contributed by atoms with Gasteiger partial charge in [-0.05, 0) is 42.0 Å². The molecule has 0 bridgehead atoms. The molecule has 0 aromatic heterocycles. The maximum absolute atomic E-state index is 12.2. The molecule has 0 amide bonds. The third-order valence-electron chi connectivity index (χ3n) is 3.12. The van der Waals surface area contributed by atoms with Gasteiger partial charge in [-0.15, -0.1) is 0 Å². The highest BCUT2D eigenvalue weighted by atomic mass is 16.6. The molecule has 0 saturated heterocycles. The lowest BCUT2D eigenvalue weighted by atomic mass is 10.0. The zero-order valence-corrected chi connectivity index (χ0v) is 12.8. The van der Waals surface area contributed by atoms with Crippen molar-refractivity contribution in [1.82, 2.24) is 0 Å². The lowest BCUT2D eigenvalue weighted by Crippen LogP contribution is -2.14. The molecule has 4 N–H and O–H groups in total. The van der Waals surface area contributed by atoms with E-state index in [0.717, 1.165) is 5.39 Å². The van der Waals surface area contributed by atoms with Crippen LogP contribution in [0.4, 0.5) is 11.4 Å². The van der Waals surface area contributed by atoms with E-state index in [0.29, 0.717) is 22.3 Å². The summed E-state index contributed by atoms with van der Waals surface area (Å²) in [6.45, 7) is 4.90. The van der Waals surface area contributed by atoms with Crippen molar-refractivity contribution < 1.29 is 19.1 Å². The van der Waals surface area contributed by atoms with Gasteiger partial charge in [0, 0.05) is 16.9 Å². The van der Waals surface area contributed by atoms with Gasteiger partial charge in [0.05, 0.1) is 5.56 Å². The van der Waals surface area contributed by atoms with Gasteiger partial charge in [-0.3, -0.25) is 0 Å². The average Bonchev–Trinajstić information content (AvgIpc) is 2.50. The van der Waals surface area contributed by atoms with Crippen LogP contribution < -0.4 is 11.5 Å². The Kier molecular flexibility index (Phi) is 4.85. The minimum atomic E-state index is -0.556. The van der Waals surface area contributed by atoms with E-state index in [2.05, 4.69) is 6.58 Å². The third kappa shape index (κ3) is 4.00. The summed E-state index contributed by atoms with van der Waals surface area (Å²) in [5.41, 5.74) is 13.2. The summed E-state index contributed by atoms with van der Waals surface area (Å²) in [5, 5.41) is 1.45. The van der Waals surface area contributed by atoms with Crippen molar-refractivity contribution >= 4 is 34.1 Å². The summed E-state index contributed by atoms with van der Waals surface area (Å²) in [5.74, 6) is -1.08. The molecule has 0 aliphatic heterocycles. The quantitative estimate of drug-likeness (QED) is 0.380. The zero-order valence-electron chi connectivity index (χ0n) is 12.8. The van der Waals surface area contributed by atoms with E-state index in [-0.39, 0.29) is 18.8 Å². The molecule has 6 nitrogen and oxygen atoms in total. The first kappa shape index (κ1) is 16.4. The Hall–Kier alpha value is -3.02. The number of benzene rings is 2. The van der Waals surface area contributed by atoms with Crippen LogP contribution in [0.1, 0.15) is 17.3 Å². The Labute approximate surface area is 133 Å². The van der Waals surface area contributed by atoms with Crippen molar-refractivity contribution in [2.45, 2.75) is 6.92 Å². The lowest BCUT2D eigenvalue weighted by molar-refractivity contribution is -0.140. The molecule has 0 aliphatic rings. The van der Waals surface area contributed by atoms with Gasteiger partial charge >= 0.3 is 11.9 Å². The molecule has 2 aromatic carbocycles. The number of esters is 2. The highest BCUT2D eigenvalue weighted by Gasteiger charge is 2.13. The molecule has 2 aromatic rings. The molecule has 23 heavy (non-hydrogen) atoms. The topological polar surface area (TPSA) is 105 Å². The van der Waals surface area contributed by atoms with Crippen LogP contribution in [-0.4, -0.2) is 25.2 Å². The SMILES string of the molecule is C=C(C)C(=O)OCCOC(=O)c1cc(N)cc2ccc(N)cc12. The van der Waals surface area contributed by atoms with Gasteiger partial charge in [-0.25, -0.2) is 9.59 Å². The van der Waals surface area contributed by atoms with Gasteiger partial charge in [-0.2, -0.15) is 0 Å². The maximum Gasteiger partial charge on any atom is 0.338 e. The summed E-state index contributed by atoms with van der Waals surface area (Å²) < 4.78 is 9.98. The Bertz CT molecular complexity index is 784. The van der Waals surface area contributed by atoms with Gasteiger partial charge in [0.2, 0.25) is 0 Å². The van der Waals surface area contributed by atoms with Gasteiger partial charge in [-0.1, -0.05) is 12.6 Å². The Morgan fingerprint density at radius 1 is 1.04 bits per heavy atom. The average molecular weight is 314 g/mol. The molecule has 6 heteroatoms. The lowest BCUT2D eigenvalue weighted by Gasteiger charge is -2.10. The Morgan fingerprint density at radius 3 is 2.43 bits per heavy atom. The first-order valence-electron chi connectivity index (χ1n) is 6.97. The second-order valence-electron chi connectivity index (χ2n) is 5.10. The van der Waals surface area contributed by atoms with E-state index in [1.165, 1.54) is 13.0 Å². The number of nitrogen functional groups attached to an aromatic ring is 2. The first-order valence-corrected chi connectivity index (χ1v) is 6.97. The molecule has 2 rings (SSSR count). The van der Waals surface area contributed by atoms with Crippen LogP contribution in [0.25, 0.3) is 10.8 Å². The van der Waals surface area contributed by atoms with E-state index in [1.807, 2.05) is 0 Å². The standard InChI is InChI=1S/C17H18N2O4/c1-10(2)16(20)22-5-6-23-17(21)15-9-13(19)7-11-3-4-12(18)8-14(11)15/h3-4,7-9H,1,5-6,18-19H2,2H3. The Morgan fingerprint density at radius 2 is 1.74 bits per heavy atom. The highest BCUT2D eigenvalue weighted by Crippen LogP contribution is 2.25. The van der Waals surface area contributed by atoms with Crippen molar-refractivity contribution in [1.29, 1.82) is 0 Å². The molecule has 0 fully saturated rings. The largest absolute Gasteiger partial charge is 0.459 e. The number of hydrogen-bond donors (Lipinski definition) is 2. The minimum absolute atomic E-state index is 0.0418. The molecule has 0 unspecified atom stereocenters. The van der Waals surface area contributed by atoms with Crippen LogP contribution in [0.15, 0.2) is 42.5 Å². The number of anilines is 2. The van der Waals surface area contributed by atoms with Crippen LogP contribution in [0.2, 0.25) is 0 Å². The summed E-state index contributed by atoms with van der Waals surface area (Å²) in [4.78, 5) is 23.4. The van der Waals surface area contributed by atoms with Crippen LogP contribution in [-0.2, 0) is 14.3 Å². The van der Waals surface area contributed by atoms with E-state index in [9.17, 15) is 9.59 Å². The molecule has 0 radical (unpaired) electrons. The fourth-order valence-corrected chi connectivity index (χ4v) is 2.04. The predicted molar refractivity (Wildman–Crippen MR) is 88.8 cm³/mol. The third-order valence-corrected chi connectivity index (χ3v) is 3.12. The summed E-state index contributed by atoms with van der Waals surface area (Å²) in [6.07, 6.45) is 0. The first-order chi connectivity index (χ1) is 10.9. The maximum atomic E-state index is 12.2. The number of carbonyl (C=O) groups is 2. The molecule has 0 spiro atoms. The Balaban J connectivity index is 2.10. The highest BCUT2D eigenvalue weighted by molar-refractivity contribution is 6.06. The van der Waals surface area contributed by atoms with E-state index in [4.69, 9.17) is 20.9 Å². The second-order valence-corrected chi connectivity index (χ2v) is 5.10. The molecular weight excluding hydrogens is 296 g/mol. The van der Waals surface area contributed by atoms with E-state index >= 15 is 0 Å². The van der Waals surface area contributed by atoms with Crippen molar-refractivity contribution in [3.05, 3.63) is 48.0 Å². The van der Waals surface area contributed by atoms with E-state index < -0.39 is 11.9 Å². The van der Waals surface area contributed by atoms with Gasteiger partial charge < -0.3 is 20.9 Å². The number of rotatable bonds is 5. The number of hydrogen-bond acceptors (Lipinski definition) is 6. The molecule has 0 heterocycles. The van der Waals surface area contributed by atoms with Crippen molar-refractivity contribution in [2.75, 3.05) is 24.7 Å². The van der Waals surface area contributed by atoms with Crippen molar-refractivity contribution in [3.63, 3.8) is 0 Å². The van der Waals surface area contributed by atoms with Gasteiger partial charge in [0.15, 0.2) is 0 Å². The normalized spacial score (nSPS) is 10.3. The molecule has 0 atom stereocenters. The summed E-state index contributed by atoms with van der Waals surface area (Å²) in [6, 6.07) is 8.48. The van der Waals surface area contributed by atoms with Crippen LogP contribution in [0.5, 0.6) is 0 Å². The van der Waals surface area contributed by atoms with Crippen LogP contribution in [0, 0.1) is 0 Å². The van der Waals surface area contributed by atoms with Crippen molar-refractivity contribution in [3.8, 4) is 0 Å². The number of carbonyl (C=O) groups excluding carboxylic acids is 2. The molecular formula is C17H18N2O4. The zero-order chi connectivity index (χ0) is 17.0. The van der Waals surface area contributed by atoms with E-state index in [1.54, 1.807) is 24.3 Å². The monoisotopic (exact) mass is 314 g/mol. The number of nitrogens with two attached hydrogens (primary N) is 2. The predicted octanol–water partition coefficient (Wildman–Crippen LogP) is 2.28. The molecule has 0 aliphatic carbocycles. The van der Waals surface area contributed by atoms with Gasteiger partial charge in [0.1, 0.15) is 13.2 Å². The summed E-state index contributed by atoms with van der Waals surface area (Å²) >= 11 is 0. The molecule has 0 saturated carbocycles. The minimum Gasteiger partial charge on any atom is -0.459 e. The number of fused-ring (bicyclic) bond motifs is 1. The second kappa shape index (κ2) is 6.83. The van der Waals surface area contributed by atoms with Crippen molar-refractivity contribution in [2.24, 2.45) is 0 Å². The van der Waals surface area contributed by atoms with Crippen LogP contribution >= 0.6 is 0 Å². The fourth-order valence-electron chi connectivity index (χ4n) is 2.04. The number of ether oxygens (including phenoxy) is 2. The smallest absolute Gasteiger partial charge is 0.338 e. The molecule has 120 valence electrons.